The van der Waals surface area contributed by atoms with Crippen LogP contribution in [-0.4, -0.2) is 25.7 Å². The van der Waals surface area contributed by atoms with Crippen LogP contribution in [0, 0.1) is 0 Å². The maximum atomic E-state index is 13.1. The molecule has 1 aromatic carbocycles. The van der Waals surface area contributed by atoms with Crippen LogP contribution < -0.4 is 4.90 Å². The highest BCUT2D eigenvalue weighted by Gasteiger charge is 2.36. The summed E-state index contributed by atoms with van der Waals surface area (Å²) in [6.45, 7) is 3.19. The van der Waals surface area contributed by atoms with Crippen molar-refractivity contribution in [1.82, 2.24) is 0 Å². The standard InChI is InChI=1S/C13H15BrF3NO2/c1-8(2)18(7-12(19)20-3)11-5-4-9(14)6-10(11)13(15,16)17/h4-6,8H,7H2,1-3H3. The van der Waals surface area contributed by atoms with Crippen molar-refractivity contribution in [1.29, 1.82) is 0 Å². The van der Waals surface area contributed by atoms with Gasteiger partial charge in [0.15, 0.2) is 0 Å². The highest BCUT2D eigenvalue weighted by molar-refractivity contribution is 9.10. The quantitative estimate of drug-likeness (QED) is 0.770. The number of esters is 1. The van der Waals surface area contributed by atoms with Crippen molar-refractivity contribution < 1.29 is 22.7 Å². The summed E-state index contributed by atoms with van der Waals surface area (Å²) in [4.78, 5) is 12.7. The van der Waals surface area contributed by atoms with E-state index in [1.54, 1.807) is 13.8 Å². The zero-order valence-corrected chi connectivity index (χ0v) is 12.9. The first-order chi connectivity index (χ1) is 9.16. The molecule has 1 aromatic rings. The van der Waals surface area contributed by atoms with E-state index in [2.05, 4.69) is 20.7 Å². The smallest absolute Gasteiger partial charge is 0.418 e. The molecular weight excluding hydrogens is 339 g/mol. The van der Waals surface area contributed by atoms with Crippen LogP contribution in [0.4, 0.5) is 18.9 Å². The van der Waals surface area contributed by atoms with Gasteiger partial charge in [-0.1, -0.05) is 15.9 Å². The number of halogens is 4. The summed E-state index contributed by atoms with van der Waals surface area (Å²) < 4.78 is 44.2. The fourth-order valence-corrected chi connectivity index (χ4v) is 2.10. The maximum absolute atomic E-state index is 13.1. The number of alkyl halides is 3. The number of carbonyl (C=O) groups excluding carboxylic acids is 1. The molecule has 20 heavy (non-hydrogen) atoms. The lowest BCUT2D eigenvalue weighted by Gasteiger charge is -2.30. The van der Waals surface area contributed by atoms with E-state index < -0.39 is 17.7 Å². The first-order valence-electron chi connectivity index (χ1n) is 5.87. The summed E-state index contributed by atoms with van der Waals surface area (Å²) in [5, 5.41) is 0. The van der Waals surface area contributed by atoms with Crippen LogP contribution in [0.25, 0.3) is 0 Å². The van der Waals surface area contributed by atoms with Crippen molar-refractivity contribution in [2.75, 3.05) is 18.6 Å². The molecule has 0 saturated carbocycles. The van der Waals surface area contributed by atoms with Crippen molar-refractivity contribution in [2.24, 2.45) is 0 Å². The van der Waals surface area contributed by atoms with Gasteiger partial charge in [-0.25, -0.2) is 0 Å². The number of anilines is 1. The molecule has 3 nitrogen and oxygen atoms in total. The zero-order valence-electron chi connectivity index (χ0n) is 11.3. The Hall–Kier alpha value is -1.24. The second-order valence-corrected chi connectivity index (χ2v) is 5.37. The van der Waals surface area contributed by atoms with E-state index in [-0.39, 0.29) is 18.3 Å². The highest BCUT2D eigenvalue weighted by atomic mass is 79.9. The average Bonchev–Trinajstić information content (AvgIpc) is 2.34. The molecule has 0 aliphatic rings. The van der Waals surface area contributed by atoms with Crippen LogP contribution >= 0.6 is 15.9 Å². The van der Waals surface area contributed by atoms with E-state index in [4.69, 9.17) is 0 Å². The van der Waals surface area contributed by atoms with E-state index in [0.29, 0.717) is 4.47 Å². The predicted octanol–water partition coefficient (Wildman–Crippen LogP) is 3.86. The summed E-state index contributed by atoms with van der Waals surface area (Å²) >= 11 is 3.03. The molecule has 0 unspecified atom stereocenters. The number of rotatable bonds is 4. The Labute approximate surface area is 123 Å². The third-order valence-electron chi connectivity index (χ3n) is 2.72. The van der Waals surface area contributed by atoms with Gasteiger partial charge < -0.3 is 9.64 Å². The normalized spacial score (nSPS) is 11.6. The van der Waals surface area contributed by atoms with Gasteiger partial charge in [-0.2, -0.15) is 13.2 Å². The molecule has 0 aliphatic carbocycles. The molecule has 1 rings (SSSR count). The lowest BCUT2D eigenvalue weighted by atomic mass is 10.1. The number of ether oxygens (including phenoxy) is 1. The average molecular weight is 354 g/mol. The minimum absolute atomic E-state index is 0.0406. The van der Waals surface area contributed by atoms with Crippen molar-refractivity contribution >= 4 is 27.6 Å². The minimum Gasteiger partial charge on any atom is -0.468 e. The van der Waals surface area contributed by atoms with E-state index in [9.17, 15) is 18.0 Å². The van der Waals surface area contributed by atoms with Crippen molar-refractivity contribution in [2.45, 2.75) is 26.1 Å². The van der Waals surface area contributed by atoms with Crippen molar-refractivity contribution in [3.8, 4) is 0 Å². The number of methoxy groups -OCH3 is 1. The second-order valence-electron chi connectivity index (χ2n) is 4.46. The Morgan fingerprint density at radius 2 is 2.00 bits per heavy atom. The van der Waals surface area contributed by atoms with E-state index in [1.165, 1.54) is 24.1 Å². The Balaban J connectivity index is 3.30. The number of hydrogen-bond acceptors (Lipinski definition) is 3. The summed E-state index contributed by atoms with van der Waals surface area (Å²) in [6, 6.07) is 3.58. The molecule has 0 radical (unpaired) electrons. The third-order valence-corrected chi connectivity index (χ3v) is 3.22. The molecule has 0 fully saturated rings. The molecule has 7 heteroatoms. The zero-order chi connectivity index (χ0) is 15.5. The summed E-state index contributed by atoms with van der Waals surface area (Å²) in [6.07, 6.45) is -4.50. The monoisotopic (exact) mass is 353 g/mol. The molecule has 0 aliphatic heterocycles. The number of hydrogen-bond donors (Lipinski definition) is 0. The highest BCUT2D eigenvalue weighted by Crippen LogP contribution is 2.38. The Bertz CT molecular complexity index is 489. The Morgan fingerprint density at radius 1 is 1.40 bits per heavy atom. The molecule has 0 amide bonds. The molecule has 0 saturated heterocycles. The predicted molar refractivity (Wildman–Crippen MR) is 73.6 cm³/mol. The van der Waals surface area contributed by atoms with E-state index >= 15 is 0 Å². The Morgan fingerprint density at radius 3 is 2.45 bits per heavy atom. The van der Waals surface area contributed by atoms with Crippen LogP contribution in [0.1, 0.15) is 19.4 Å². The second kappa shape index (κ2) is 6.47. The Kier molecular flexibility index (Phi) is 5.44. The van der Waals surface area contributed by atoms with Gasteiger partial charge in [-0.15, -0.1) is 0 Å². The van der Waals surface area contributed by atoms with Gasteiger partial charge in [0, 0.05) is 16.2 Å². The molecule has 0 atom stereocenters. The molecule has 0 bridgehead atoms. The van der Waals surface area contributed by atoms with Gasteiger partial charge in [0.2, 0.25) is 0 Å². The van der Waals surface area contributed by atoms with Crippen LogP contribution in [0.2, 0.25) is 0 Å². The topological polar surface area (TPSA) is 29.5 Å². The maximum Gasteiger partial charge on any atom is 0.418 e. The fraction of sp³-hybridized carbons (Fsp3) is 0.462. The number of carbonyl (C=O) groups is 1. The molecular formula is C13H15BrF3NO2. The van der Waals surface area contributed by atoms with E-state index in [1.807, 2.05) is 0 Å². The first kappa shape index (κ1) is 16.8. The molecule has 0 spiro atoms. The lowest BCUT2D eigenvalue weighted by molar-refractivity contribution is -0.140. The van der Waals surface area contributed by atoms with Gasteiger partial charge in [-0.05, 0) is 32.0 Å². The van der Waals surface area contributed by atoms with Crippen LogP contribution in [0.5, 0.6) is 0 Å². The number of nitrogens with zero attached hydrogens (tertiary/aromatic N) is 1. The van der Waals surface area contributed by atoms with Crippen LogP contribution in [-0.2, 0) is 15.7 Å². The number of benzene rings is 1. The molecule has 112 valence electrons. The van der Waals surface area contributed by atoms with Crippen LogP contribution in [0.3, 0.4) is 0 Å². The van der Waals surface area contributed by atoms with Crippen molar-refractivity contribution in [3.05, 3.63) is 28.2 Å². The van der Waals surface area contributed by atoms with E-state index in [0.717, 1.165) is 6.07 Å². The van der Waals surface area contributed by atoms with Gasteiger partial charge in [0.1, 0.15) is 6.54 Å². The van der Waals surface area contributed by atoms with Gasteiger partial charge >= 0.3 is 12.1 Å². The molecule has 0 N–H and O–H groups in total. The molecule has 0 aromatic heterocycles. The molecule has 0 heterocycles. The lowest BCUT2D eigenvalue weighted by Crippen LogP contribution is -2.37. The summed E-state index contributed by atoms with van der Waals surface area (Å²) in [5.74, 6) is -0.588. The minimum atomic E-state index is -4.50. The van der Waals surface area contributed by atoms with Gasteiger partial charge in [0.25, 0.3) is 0 Å². The first-order valence-corrected chi connectivity index (χ1v) is 6.66. The SMILES string of the molecule is COC(=O)CN(c1ccc(Br)cc1C(F)(F)F)C(C)C. The largest absolute Gasteiger partial charge is 0.468 e. The van der Waals surface area contributed by atoms with Gasteiger partial charge in [-0.3, -0.25) is 4.79 Å². The van der Waals surface area contributed by atoms with Crippen molar-refractivity contribution in [3.63, 3.8) is 0 Å². The summed E-state index contributed by atoms with van der Waals surface area (Å²) in [7, 11) is 1.20. The third kappa shape index (κ3) is 4.13. The van der Waals surface area contributed by atoms with Gasteiger partial charge in [0.05, 0.1) is 12.7 Å². The fourth-order valence-electron chi connectivity index (χ4n) is 1.74. The summed E-state index contributed by atoms with van der Waals surface area (Å²) in [5.41, 5.74) is -0.828. The van der Waals surface area contributed by atoms with Crippen LogP contribution in [0.15, 0.2) is 22.7 Å².